The van der Waals surface area contributed by atoms with Gasteiger partial charge in [0.2, 0.25) is 0 Å². The van der Waals surface area contributed by atoms with Gasteiger partial charge in [0, 0.05) is 31.4 Å². The standard InChI is InChI=1S/C16H28N4O.ClH/c1-11(2)14-9-13(18-20(14)16(4,5)6)15(21)19-8-7-17-10-12(19)3;/h9,11-12,17H,7-8,10H2,1-6H3;1H/t12-;/m1./s1. The highest BCUT2D eigenvalue weighted by Gasteiger charge is 2.29. The molecule has 2 heterocycles. The third-order valence-electron chi connectivity index (χ3n) is 3.95. The summed E-state index contributed by atoms with van der Waals surface area (Å²) in [5.41, 5.74) is 1.57. The molecule has 1 atom stereocenters. The van der Waals surface area contributed by atoms with Gasteiger partial charge in [0.15, 0.2) is 5.69 Å². The Morgan fingerprint density at radius 3 is 2.50 bits per heavy atom. The second kappa shape index (κ2) is 7.01. The first kappa shape index (κ1) is 19.0. The van der Waals surface area contributed by atoms with Crippen LogP contribution in [0.2, 0.25) is 0 Å². The predicted octanol–water partition coefficient (Wildman–Crippen LogP) is 2.62. The van der Waals surface area contributed by atoms with Gasteiger partial charge in [0.25, 0.3) is 5.91 Å². The Bertz CT molecular complexity index is 519. The number of piperazine rings is 1. The van der Waals surface area contributed by atoms with E-state index >= 15 is 0 Å². The van der Waals surface area contributed by atoms with Crippen molar-refractivity contribution in [1.29, 1.82) is 0 Å². The highest BCUT2D eigenvalue weighted by molar-refractivity contribution is 5.92. The zero-order chi connectivity index (χ0) is 15.8. The lowest BCUT2D eigenvalue weighted by atomic mass is 10.1. The van der Waals surface area contributed by atoms with Gasteiger partial charge in [-0.3, -0.25) is 9.48 Å². The molecule has 5 nitrogen and oxygen atoms in total. The maximum atomic E-state index is 12.7. The summed E-state index contributed by atoms with van der Waals surface area (Å²) in [4.78, 5) is 14.7. The van der Waals surface area contributed by atoms with Crippen LogP contribution in [0.15, 0.2) is 6.07 Å². The van der Waals surface area contributed by atoms with E-state index in [4.69, 9.17) is 0 Å². The second-order valence-corrected chi connectivity index (χ2v) is 7.24. The van der Waals surface area contributed by atoms with Crippen molar-refractivity contribution in [2.45, 2.75) is 59.0 Å². The molecule has 126 valence electrons. The van der Waals surface area contributed by atoms with Crippen LogP contribution in [0, 0.1) is 0 Å². The van der Waals surface area contributed by atoms with E-state index in [1.54, 1.807) is 0 Å². The Kier molecular flexibility index (Phi) is 6.04. The van der Waals surface area contributed by atoms with Crippen LogP contribution in [0.3, 0.4) is 0 Å². The van der Waals surface area contributed by atoms with Crippen LogP contribution < -0.4 is 5.32 Å². The number of hydrogen-bond acceptors (Lipinski definition) is 3. The molecule has 22 heavy (non-hydrogen) atoms. The number of halogens is 1. The summed E-state index contributed by atoms with van der Waals surface area (Å²) in [6.07, 6.45) is 0. The van der Waals surface area contributed by atoms with Crippen molar-refractivity contribution in [3.05, 3.63) is 17.5 Å². The predicted molar refractivity (Wildman–Crippen MR) is 91.9 cm³/mol. The molecule has 1 aromatic heterocycles. The van der Waals surface area contributed by atoms with Crippen LogP contribution >= 0.6 is 12.4 Å². The van der Waals surface area contributed by atoms with Crippen LogP contribution in [-0.4, -0.2) is 46.3 Å². The molecule has 1 amide bonds. The normalized spacial score (nSPS) is 19.2. The van der Waals surface area contributed by atoms with Crippen LogP contribution in [0.1, 0.15) is 63.6 Å². The maximum absolute atomic E-state index is 12.7. The van der Waals surface area contributed by atoms with Gasteiger partial charge in [-0.05, 0) is 39.7 Å². The number of amides is 1. The summed E-state index contributed by atoms with van der Waals surface area (Å²) in [7, 11) is 0. The first-order valence-electron chi connectivity index (χ1n) is 7.84. The molecular formula is C16H29ClN4O. The van der Waals surface area contributed by atoms with Crippen molar-refractivity contribution in [3.8, 4) is 0 Å². The number of nitrogens with zero attached hydrogens (tertiary/aromatic N) is 3. The molecule has 1 aromatic rings. The minimum atomic E-state index is -0.118. The molecule has 0 saturated carbocycles. The Morgan fingerprint density at radius 1 is 1.41 bits per heavy atom. The van der Waals surface area contributed by atoms with Crippen molar-refractivity contribution in [2.24, 2.45) is 0 Å². The number of nitrogens with one attached hydrogen (secondary N) is 1. The van der Waals surface area contributed by atoms with Crippen molar-refractivity contribution in [3.63, 3.8) is 0 Å². The van der Waals surface area contributed by atoms with Crippen LogP contribution in [0.4, 0.5) is 0 Å². The smallest absolute Gasteiger partial charge is 0.274 e. The first-order valence-corrected chi connectivity index (χ1v) is 7.84. The third-order valence-corrected chi connectivity index (χ3v) is 3.95. The van der Waals surface area contributed by atoms with Gasteiger partial charge in [-0.2, -0.15) is 5.10 Å². The van der Waals surface area contributed by atoms with E-state index in [2.05, 4.69) is 52.0 Å². The lowest BCUT2D eigenvalue weighted by molar-refractivity contribution is 0.0648. The van der Waals surface area contributed by atoms with E-state index in [9.17, 15) is 4.79 Å². The number of hydrogen-bond donors (Lipinski definition) is 1. The van der Waals surface area contributed by atoms with E-state index < -0.39 is 0 Å². The number of carbonyl (C=O) groups excluding carboxylic acids is 1. The second-order valence-electron chi connectivity index (χ2n) is 7.24. The molecule has 0 aromatic carbocycles. The maximum Gasteiger partial charge on any atom is 0.274 e. The van der Waals surface area contributed by atoms with Gasteiger partial charge >= 0.3 is 0 Å². The topological polar surface area (TPSA) is 50.2 Å². The zero-order valence-corrected chi connectivity index (χ0v) is 15.3. The fourth-order valence-electron chi connectivity index (χ4n) is 2.74. The molecular weight excluding hydrogens is 300 g/mol. The molecule has 1 aliphatic heterocycles. The summed E-state index contributed by atoms with van der Waals surface area (Å²) in [5.74, 6) is 0.396. The molecule has 0 aliphatic carbocycles. The van der Waals surface area contributed by atoms with Crippen LogP contribution in [-0.2, 0) is 5.54 Å². The van der Waals surface area contributed by atoms with Crippen molar-refractivity contribution >= 4 is 18.3 Å². The van der Waals surface area contributed by atoms with E-state index in [0.29, 0.717) is 11.6 Å². The number of carbonyl (C=O) groups is 1. The van der Waals surface area contributed by atoms with Gasteiger partial charge in [0.05, 0.1) is 5.54 Å². The number of aromatic nitrogens is 2. The SMILES string of the molecule is CC(C)c1cc(C(=O)N2CCNC[C@H]2C)nn1C(C)(C)C.Cl. The highest BCUT2D eigenvalue weighted by atomic mass is 35.5. The van der Waals surface area contributed by atoms with Crippen molar-refractivity contribution in [2.75, 3.05) is 19.6 Å². The Hall–Kier alpha value is -1.07. The minimum Gasteiger partial charge on any atom is -0.332 e. The van der Waals surface area contributed by atoms with Crippen LogP contribution in [0.25, 0.3) is 0 Å². The van der Waals surface area contributed by atoms with E-state index in [1.807, 2.05) is 15.6 Å². The van der Waals surface area contributed by atoms with Crippen molar-refractivity contribution in [1.82, 2.24) is 20.0 Å². The molecule has 0 bridgehead atoms. The lowest BCUT2D eigenvalue weighted by Crippen LogP contribution is -2.52. The summed E-state index contributed by atoms with van der Waals surface area (Å²) in [6.45, 7) is 15.2. The molecule has 0 spiro atoms. The van der Waals surface area contributed by atoms with Gasteiger partial charge < -0.3 is 10.2 Å². The lowest BCUT2D eigenvalue weighted by Gasteiger charge is -2.33. The monoisotopic (exact) mass is 328 g/mol. The summed E-state index contributed by atoms with van der Waals surface area (Å²) in [5, 5.41) is 7.93. The van der Waals surface area contributed by atoms with Gasteiger partial charge in [0.1, 0.15) is 0 Å². The van der Waals surface area contributed by atoms with E-state index in [0.717, 1.165) is 25.3 Å². The molecule has 6 heteroatoms. The van der Waals surface area contributed by atoms with Crippen molar-refractivity contribution < 1.29 is 4.79 Å². The Morgan fingerprint density at radius 2 is 2.05 bits per heavy atom. The minimum absolute atomic E-state index is 0. The molecule has 1 saturated heterocycles. The van der Waals surface area contributed by atoms with Gasteiger partial charge in [-0.1, -0.05) is 13.8 Å². The summed E-state index contributed by atoms with van der Waals surface area (Å²) >= 11 is 0. The summed E-state index contributed by atoms with van der Waals surface area (Å²) in [6, 6.07) is 2.18. The molecule has 2 rings (SSSR count). The van der Waals surface area contributed by atoms with Crippen LogP contribution in [0.5, 0.6) is 0 Å². The number of rotatable bonds is 2. The molecule has 0 radical (unpaired) electrons. The molecule has 1 aliphatic rings. The quantitative estimate of drug-likeness (QED) is 0.908. The highest BCUT2D eigenvalue weighted by Crippen LogP contribution is 2.24. The first-order chi connectivity index (χ1) is 9.71. The van der Waals surface area contributed by atoms with E-state index in [1.165, 1.54) is 0 Å². The average Bonchev–Trinajstić information content (AvgIpc) is 2.83. The third kappa shape index (κ3) is 3.82. The van der Waals surface area contributed by atoms with Gasteiger partial charge in [-0.15, -0.1) is 12.4 Å². The molecule has 0 unspecified atom stereocenters. The zero-order valence-electron chi connectivity index (χ0n) is 14.5. The molecule has 1 fully saturated rings. The summed E-state index contributed by atoms with van der Waals surface area (Å²) < 4.78 is 2.00. The van der Waals surface area contributed by atoms with Gasteiger partial charge in [-0.25, -0.2) is 0 Å². The Balaban J connectivity index is 0.00000242. The van der Waals surface area contributed by atoms with E-state index in [-0.39, 0.29) is 29.9 Å². The largest absolute Gasteiger partial charge is 0.332 e. The average molecular weight is 329 g/mol. The Labute approximate surface area is 139 Å². The molecule has 1 N–H and O–H groups in total. The fourth-order valence-corrected chi connectivity index (χ4v) is 2.74. The fraction of sp³-hybridized carbons (Fsp3) is 0.750.